The number of amides is 1. The molecule has 0 atom stereocenters. The van der Waals surface area contributed by atoms with E-state index in [9.17, 15) is 18.0 Å². The number of hydrogen-bond donors (Lipinski definition) is 2. The average Bonchev–Trinajstić information content (AvgIpc) is 2.98. The second-order valence-corrected chi connectivity index (χ2v) is 6.12. The maximum Gasteiger partial charge on any atom is 0.434 e. The first-order chi connectivity index (χ1) is 11.2. The second kappa shape index (κ2) is 11.5. The van der Waals surface area contributed by atoms with E-state index in [4.69, 9.17) is 0 Å². The topological polar surface area (TPSA) is 69.6 Å². The lowest BCUT2D eigenvalue weighted by atomic mass is 10.4. The molecule has 1 rings (SSSR count). The van der Waals surface area contributed by atoms with Crippen molar-refractivity contribution < 1.29 is 18.0 Å². The maximum atomic E-state index is 12.5. The third kappa shape index (κ3) is 9.23. The summed E-state index contributed by atoms with van der Waals surface area (Å²) in [6.07, 6.45) is -3.19. The minimum atomic E-state index is -4.41. The molecule has 6 nitrogen and oxygen atoms in total. The minimum absolute atomic E-state index is 0. The summed E-state index contributed by atoms with van der Waals surface area (Å²) < 4.78 is 37.5. The number of aromatic nitrogens is 1. The Balaban J connectivity index is 0.00000576. The van der Waals surface area contributed by atoms with Crippen LogP contribution in [0.1, 0.15) is 24.0 Å². The van der Waals surface area contributed by atoms with Gasteiger partial charge in [0.25, 0.3) is 0 Å². The molecule has 0 bridgehead atoms. The molecule has 1 heterocycles. The Kier molecular flexibility index (Phi) is 11.0. The van der Waals surface area contributed by atoms with Gasteiger partial charge in [-0.2, -0.15) is 13.2 Å². The molecule has 1 aromatic rings. The number of aliphatic imine (C=N–C) groups is 1. The maximum absolute atomic E-state index is 12.5. The molecule has 0 fully saturated rings. The summed E-state index contributed by atoms with van der Waals surface area (Å²) in [5, 5.41) is 7.46. The van der Waals surface area contributed by atoms with Crippen LogP contribution in [0.3, 0.4) is 0 Å². The van der Waals surface area contributed by atoms with Crippen LogP contribution < -0.4 is 10.6 Å². The van der Waals surface area contributed by atoms with Crippen LogP contribution in [0.5, 0.6) is 0 Å². The summed E-state index contributed by atoms with van der Waals surface area (Å²) in [6, 6.07) is 0. The fourth-order valence-electron chi connectivity index (χ4n) is 1.55. The van der Waals surface area contributed by atoms with Crippen LogP contribution in [0.15, 0.2) is 10.4 Å². The van der Waals surface area contributed by atoms with Crippen LogP contribution in [0.25, 0.3) is 0 Å². The molecule has 0 aromatic carbocycles. The largest absolute Gasteiger partial charge is 0.434 e. The van der Waals surface area contributed by atoms with E-state index in [0.717, 1.165) is 23.1 Å². The highest BCUT2D eigenvalue weighted by Crippen LogP contribution is 2.29. The van der Waals surface area contributed by atoms with E-state index in [2.05, 4.69) is 20.6 Å². The third-order valence-electron chi connectivity index (χ3n) is 2.89. The summed E-state index contributed by atoms with van der Waals surface area (Å²) in [5.74, 6) is 0.321. The van der Waals surface area contributed by atoms with Gasteiger partial charge in [0, 0.05) is 39.0 Å². The number of rotatable bonds is 7. The van der Waals surface area contributed by atoms with E-state index >= 15 is 0 Å². The number of carbonyl (C=O) groups excluding carboxylic acids is 1. The zero-order chi connectivity index (χ0) is 18.2. The van der Waals surface area contributed by atoms with Crippen molar-refractivity contribution >= 4 is 47.2 Å². The molecule has 0 aliphatic carbocycles. The predicted octanol–water partition coefficient (Wildman–Crippen LogP) is 2.36. The Morgan fingerprint density at radius 2 is 1.96 bits per heavy atom. The number of alkyl halides is 3. The summed E-state index contributed by atoms with van der Waals surface area (Å²) >= 11 is 0.976. The monoisotopic (exact) mass is 493 g/mol. The number of carbonyl (C=O) groups is 1. The molecule has 144 valence electrons. The normalized spacial score (nSPS) is 11.7. The van der Waals surface area contributed by atoms with Gasteiger partial charge in [0.15, 0.2) is 11.7 Å². The van der Waals surface area contributed by atoms with Crippen molar-refractivity contribution in [2.24, 2.45) is 4.99 Å². The zero-order valence-electron chi connectivity index (χ0n) is 14.3. The fraction of sp³-hybridized carbons (Fsp3) is 0.643. The van der Waals surface area contributed by atoms with Crippen molar-refractivity contribution in [3.05, 3.63) is 16.1 Å². The first-order valence-corrected chi connectivity index (χ1v) is 8.36. The second-order valence-electron chi connectivity index (χ2n) is 5.18. The summed E-state index contributed by atoms with van der Waals surface area (Å²) in [7, 11) is 3.29. The van der Waals surface area contributed by atoms with Crippen LogP contribution in [0, 0.1) is 0 Å². The van der Waals surface area contributed by atoms with E-state index in [-0.39, 0.29) is 36.4 Å². The highest BCUT2D eigenvalue weighted by atomic mass is 127. The Morgan fingerprint density at radius 3 is 2.48 bits per heavy atom. The number of nitrogens with zero attached hydrogens (tertiary/aromatic N) is 3. The lowest BCUT2D eigenvalue weighted by Crippen LogP contribution is -2.39. The van der Waals surface area contributed by atoms with Crippen molar-refractivity contribution in [1.29, 1.82) is 0 Å². The van der Waals surface area contributed by atoms with Crippen molar-refractivity contribution in [1.82, 2.24) is 20.5 Å². The number of likely N-dealkylation sites (N-methyl/N-ethyl adjacent to an activating group) is 1. The van der Waals surface area contributed by atoms with Gasteiger partial charge in [-0.1, -0.05) is 6.92 Å². The van der Waals surface area contributed by atoms with Crippen molar-refractivity contribution in [3.8, 4) is 0 Å². The molecule has 0 aliphatic heterocycles. The molecular formula is C14H23F3IN5OS. The first-order valence-electron chi connectivity index (χ1n) is 7.48. The molecule has 1 amide bonds. The minimum Gasteiger partial charge on any atom is -0.356 e. The average molecular weight is 493 g/mol. The SMILES string of the molecule is CCCNC(=NCC(=O)N(C)C)NCCc1nc(C(F)(F)F)cs1.I. The molecular weight excluding hydrogens is 470 g/mol. The van der Waals surface area contributed by atoms with Gasteiger partial charge in [0.1, 0.15) is 6.54 Å². The number of nitrogens with one attached hydrogen (secondary N) is 2. The van der Waals surface area contributed by atoms with Gasteiger partial charge in [-0.25, -0.2) is 9.98 Å². The predicted molar refractivity (Wildman–Crippen MR) is 104 cm³/mol. The molecule has 0 saturated carbocycles. The summed E-state index contributed by atoms with van der Waals surface area (Å²) in [5.41, 5.74) is -0.864. The molecule has 2 N–H and O–H groups in total. The molecule has 0 aliphatic rings. The zero-order valence-corrected chi connectivity index (χ0v) is 17.5. The van der Waals surface area contributed by atoms with Gasteiger partial charge in [-0.3, -0.25) is 4.79 Å². The number of thiazole rings is 1. The van der Waals surface area contributed by atoms with Gasteiger partial charge in [-0.05, 0) is 6.42 Å². The summed E-state index contributed by atoms with van der Waals surface area (Å²) in [6.45, 7) is 3.04. The lowest BCUT2D eigenvalue weighted by Gasteiger charge is -2.12. The molecule has 0 radical (unpaired) electrons. The fourth-order valence-corrected chi connectivity index (χ4v) is 2.35. The molecule has 0 spiro atoms. The quantitative estimate of drug-likeness (QED) is 0.348. The number of hydrogen-bond acceptors (Lipinski definition) is 4. The van der Waals surface area contributed by atoms with E-state index in [1.807, 2.05) is 6.92 Å². The van der Waals surface area contributed by atoms with Crippen molar-refractivity contribution in [3.63, 3.8) is 0 Å². The van der Waals surface area contributed by atoms with Crippen molar-refractivity contribution in [2.45, 2.75) is 25.9 Å². The molecule has 11 heteroatoms. The number of halogens is 4. The first kappa shape index (κ1) is 23.9. The van der Waals surface area contributed by atoms with Gasteiger partial charge < -0.3 is 15.5 Å². The van der Waals surface area contributed by atoms with Crippen LogP contribution >= 0.6 is 35.3 Å². The smallest absolute Gasteiger partial charge is 0.356 e. The van der Waals surface area contributed by atoms with Crippen LogP contribution in [0.2, 0.25) is 0 Å². The van der Waals surface area contributed by atoms with E-state index < -0.39 is 11.9 Å². The lowest BCUT2D eigenvalue weighted by molar-refractivity contribution is -0.140. The molecule has 1 aromatic heterocycles. The Hall–Kier alpha value is -1.11. The van der Waals surface area contributed by atoms with E-state index in [0.29, 0.717) is 30.5 Å². The van der Waals surface area contributed by atoms with E-state index in [1.165, 1.54) is 4.90 Å². The van der Waals surface area contributed by atoms with Crippen LogP contribution in [-0.2, 0) is 17.4 Å². The van der Waals surface area contributed by atoms with Gasteiger partial charge in [-0.15, -0.1) is 35.3 Å². The highest BCUT2D eigenvalue weighted by molar-refractivity contribution is 14.0. The Morgan fingerprint density at radius 1 is 1.32 bits per heavy atom. The van der Waals surface area contributed by atoms with Crippen LogP contribution in [-0.4, -0.2) is 55.5 Å². The molecule has 0 unspecified atom stereocenters. The standard InChI is InChI=1S/C14H22F3N5OS.HI/c1-4-6-18-13(20-8-12(23)22(2)3)19-7-5-11-21-10(9-24-11)14(15,16)17;/h9H,4-8H2,1-3H3,(H2,18,19,20);1H. The third-order valence-corrected chi connectivity index (χ3v) is 3.80. The Bertz CT molecular complexity index is 563. The van der Waals surface area contributed by atoms with Gasteiger partial charge in [0.2, 0.25) is 5.91 Å². The van der Waals surface area contributed by atoms with Gasteiger partial charge in [0.05, 0.1) is 5.01 Å². The Labute approximate surface area is 166 Å². The number of guanidine groups is 1. The molecule has 0 saturated heterocycles. The van der Waals surface area contributed by atoms with Crippen molar-refractivity contribution in [2.75, 3.05) is 33.7 Å². The highest BCUT2D eigenvalue weighted by Gasteiger charge is 2.33. The van der Waals surface area contributed by atoms with Gasteiger partial charge >= 0.3 is 6.18 Å². The van der Waals surface area contributed by atoms with Crippen LogP contribution in [0.4, 0.5) is 13.2 Å². The summed E-state index contributed by atoms with van der Waals surface area (Å²) in [4.78, 5) is 20.7. The molecule has 25 heavy (non-hydrogen) atoms. The van der Waals surface area contributed by atoms with E-state index in [1.54, 1.807) is 14.1 Å².